The SMILES string of the molecule is CNN(C)Cc1ccc2nc(Cl)nc(N3CCOCC3)c2n1. The zero-order chi connectivity index (χ0) is 15.5. The van der Waals surface area contributed by atoms with Crippen LogP contribution < -0.4 is 10.3 Å². The molecule has 22 heavy (non-hydrogen) atoms. The van der Waals surface area contributed by atoms with Crippen molar-refractivity contribution in [3.63, 3.8) is 0 Å². The quantitative estimate of drug-likeness (QED) is 0.667. The standard InChI is InChI=1S/C14H19ClN6O/c1-16-20(2)9-10-3-4-11-12(17-10)13(19-14(15)18-11)21-5-7-22-8-6-21/h3-4,16H,5-9H2,1-2H3. The third-order valence-electron chi connectivity index (χ3n) is 3.65. The van der Waals surface area contributed by atoms with Gasteiger partial charge >= 0.3 is 0 Å². The highest BCUT2D eigenvalue weighted by Gasteiger charge is 2.18. The highest BCUT2D eigenvalue weighted by Crippen LogP contribution is 2.25. The molecule has 0 radical (unpaired) electrons. The summed E-state index contributed by atoms with van der Waals surface area (Å²) in [6, 6.07) is 3.90. The van der Waals surface area contributed by atoms with Crippen molar-refractivity contribution in [2.24, 2.45) is 0 Å². The monoisotopic (exact) mass is 322 g/mol. The topological polar surface area (TPSA) is 66.4 Å². The molecule has 1 aliphatic heterocycles. The lowest BCUT2D eigenvalue weighted by Crippen LogP contribution is -2.37. The second-order valence-corrected chi connectivity index (χ2v) is 5.50. The summed E-state index contributed by atoms with van der Waals surface area (Å²) in [5, 5.41) is 2.20. The van der Waals surface area contributed by atoms with Crippen molar-refractivity contribution < 1.29 is 4.74 Å². The number of rotatable bonds is 4. The van der Waals surface area contributed by atoms with Crippen LogP contribution in [-0.2, 0) is 11.3 Å². The van der Waals surface area contributed by atoms with Crippen molar-refractivity contribution in [1.29, 1.82) is 0 Å². The Morgan fingerprint density at radius 1 is 1.27 bits per heavy atom. The molecule has 0 bridgehead atoms. The third-order valence-corrected chi connectivity index (χ3v) is 3.81. The predicted octanol–water partition coefficient (Wildman–Crippen LogP) is 1.08. The number of aromatic nitrogens is 3. The summed E-state index contributed by atoms with van der Waals surface area (Å²) >= 11 is 6.06. The Labute approximate surface area is 134 Å². The second kappa shape index (κ2) is 6.70. The van der Waals surface area contributed by atoms with Gasteiger partial charge in [-0.2, -0.15) is 4.98 Å². The summed E-state index contributed by atoms with van der Waals surface area (Å²) in [4.78, 5) is 15.6. The van der Waals surface area contributed by atoms with E-state index >= 15 is 0 Å². The average Bonchev–Trinajstić information content (AvgIpc) is 2.55. The molecule has 7 nitrogen and oxygen atoms in total. The largest absolute Gasteiger partial charge is 0.378 e. The molecule has 0 aliphatic carbocycles. The van der Waals surface area contributed by atoms with E-state index in [9.17, 15) is 0 Å². The number of hydrazine groups is 1. The Morgan fingerprint density at radius 2 is 2.05 bits per heavy atom. The summed E-state index contributed by atoms with van der Waals surface area (Å²) in [5.74, 6) is 0.785. The zero-order valence-corrected chi connectivity index (χ0v) is 13.5. The van der Waals surface area contributed by atoms with Crippen LogP contribution in [-0.4, -0.2) is 60.4 Å². The van der Waals surface area contributed by atoms with Crippen molar-refractivity contribution in [3.05, 3.63) is 23.1 Å². The van der Waals surface area contributed by atoms with Gasteiger partial charge in [-0.05, 0) is 30.8 Å². The minimum Gasteiger partial charge on any atom is -0.378 e. The van der Waals surface area contributed by atoms with Gasteiger partial charge in [0.2, 0.25) is 5.28 Å². The first-order valence-corrected chi connectivity index (χ1v) is 7.59. The number of nitrogens with one attached hydrogen (secondary N) is 1. The van der Waals surface area contributed by atoms with Crippen LogP contribution in [0.15, 0.2) is 12.1 Å². The van der Waals surface area contributed by atoms with E-state index in [-0.39, 0.29) is 5.28 Å². The van der Waals surface area contributed by atoms with Crippen molar-refractivity contribution in [1.82, 2.24) is 25.4 Å². The van der Waals surface area contributed by atoms with E-state index in [0.717, 1.165) is 35.6 Å². The molecular formula is C14H19ClN6O. The number of hydrogen-bond acceptors (Lipinski definition) is 7. The Hall–Kier alpha value is -1.54. The summed E-state index contributed by atoms with van der Waals surface area (Å²) in [6.45, 7) is 3.63. The highest BCUT2D eigenvalue weighted by atomic mass is 35.5. The number of fused-ring (bicyclic) bond motifs is 1. The van der Waals surface area contributed by atoms with Crippen LogP contribution in [0.5, 0.6) is 0 Å². The molecule has 1 aliphatic rings. The van der Waals surface area contributed by atoms with E-state index in [2.05, 4.69) is 20.3 Å². The Bertz CT molecular complexity index is 661. The maximum absolute atomic E-state index is 6.06. The minimum atomic E-state index is 0.246. The lowest BCUT2D eigenvalue weighted by molar-refractivity contribution is 0.122. The van der Waals surface area contributed by atoms with Crippen molar-refractivity contribution in [2.75, 3.05) is 45.3 Å². The molecule has 0 amide bonds. The first-order chi connectivity index (χ1) is 10.7. The lowest BCUT2D eigenvalue weighted by atomic mass is 10.2. The summed E-state index contributed by atoms with van der Waals surface area (Å²) in [6.07, 6.45) is 0. The number of morpholine rings is 1. The maximum atomic E-state index is 6.06. The van der Waals surface area contributed by atoms with Gasteiger partial charge in [0.25, 0.3) is 0 Å². The van der Waals surface area contributed by atoms with Crippen LogP contribution in [0.2, 0.25) is 5.28 Å². The molecule has 2 aromatic rings. The van der Waals surface area contributed by atoms with Gasteiger partial charge in [0, 0.05) is 20.1 Å². The number of pyridine rings is 1. The molecule has 3 heterocycles. The molecule has 8 heteroatoms. The fraction of sp³-hybridized carbons (Fsp3) is 0.500. The van der Waals surface area contributed by atoms with Gasteiger partial charge in [-0.15, -0.1) is 0 Å². The fourth-order valence-electron chi connectivity index (χ4n) is 2.42. The zero-order valence-electron chi connectivity index (χ0n) is 12.7. The van der Waals surface area contributed by atoms with Crippen LogP contribution in [0.1, 0.15) is 5.69 Å². The number of hydrogen-bond donors (Lipinski definition) is 1. The highest BCUT2D eigenvalue weighted by molar-refractivity contribution is 6.28. The van der Waals surface area contributed by atoms with Gasteiger partial charge in [-0.3, -0.25) is 5.43 Å². The average molecular weight is 323 g/mol. The van der Waals surface area contributed by atoms with Gasteiger partial charge in [0.1, 0.15) is 5.52 Å². The summed E-state index contributed by atoms with van der Waals surface area (Å²) in [5.41, 5.74) is 5.56. The number of anilines is 1. The third kappa shape index (κ3) is 3.27. The second-order valence-electron chi connectivity index (χ2n) is 5.17. The van der Waals surface area contributed by atoms with Gasteiger partial charge < -0.3 is 9.64 Å². The van der Waals surface area contributed by atoms with Gasteiger partial charge in [-0.1, -0.05) is 0 Å². The van der Waals surface area contributed by atoms with Gasteiger partial charge in [0.05, 0.1) is 31.0 Å². The molecule has 3 rings (SSSR count). The number of ether oxygens (including phenoxy) is 1. The molecule has 2 aromatic heterocycles. The van der Waals surface area contributed by atoms with E-state index in [1.54, 1.807) is 0 Å². The first-order valence-electron chi connectivity index (χ1n) is 7.22. The Kier molecular flexibility index (Phi) is 4.68. The maximum Gasteiger partial charge on any atom is 0.225 e. The predicted molar refractivity (Wildman–Crippen MR) is 85.9 cm³/mol. The first kappa shape index (κ1) is 15.4. The molecule has 0 atom stereocenters. The summed E-state index contributed by atoms with van der Waals surface area (Å²) < 4.78 is 5.40. The van der Waals surface area contributed by atoms with E-state index in [0.29, 0.717) is 19.8 Å². The molecule has 118 valence electrons. The smallest absolute Gasteiger partial charge is 0.225 e. The Balaban J connectivity index is 2.02. The van der Waals surface area contributed by atoms with Crippen LogP contribution in [0.3, 0.4) is 0 Å². The van der Waals surface area contributed by atoms with E-state index in [1.807, 2.05) is 31.2 Å². The minimum absolute atomic E-state index is 0.246. The molecule has 1 N–H and O–H groups in total. The lowest BCUT2D eigenvalue weighted by Gasteiger charge is -2.28. The molecular weight excluding hydrogens is 304 g/mol. The van der Waals surface area contributed by atoms with Crippen LogP contribution in [0.25, 0.3) is 11.0 Å². The van der Waals surface area contributed by atoms with Gasteiger partial charge in [-0.25, -0.2) is 15.0 Å². The molecule has 0 saturated carbocycles. The van der Waals surface area contributed by atoms with Crippen LogP contribution >= 0.6 is 11.6 Å². The number of halogens is 1. The van der Waals surface area contributed by atoms with E-state index in [4.69, 9.17) is 21.3 Å². The molecule has 1 saturated heterocycles. The van der Waals surface area contributed by atoms with Crippen molar-refractivity contribution >= 4 is 28.5 Å². The van der Waals surface area contributed by atoms with Gasteiger partial charge in [0.15, 0.2) is 5.82 Å². The molecule has 0 spiro atoms. The van der Waals surface area contributed by atoms with E-state index in [1.165, 1.54) is 0 Å². The Morgan fingerprint density at radius 3 is 2.77 bits per heavy atom. The van der Waals surface area contributed by atoms with Crippen molar-refractivity contribution in [3.8, 4) is 0 Å². The molecule has 0 unspecified atom stereocenters. The normalized spacial score (nSPS) is 15.7. The fourth-order valence-corrected chi connectivity index (χ4v) is 2.59. The number of nitrogens with zero attached hydrogens (tertiary/aromatic N) is 5. The van der Waals surface area contributed by atoms with Crippen LogP contribution in [0, 0.1) is 0 Å². The molecule has 0 aromatic carbocycles. The van der Waals surface area contributed by atoms with Crippen LogP contribution in [0.4, 0.5) is 5.82 Å². The van der Waals surface area contributed by atoms with Crippen molar-refractivity contribution in [2.45, 2.75) is 6.54 Å². The molecule has 1 fully saturated rings. The van der Waals surface area contributed by atoms with E-state index < -0.39 is 0 Å². The summed E-state index contributed by atoms with van der Waals surface area (Å²) in [7, 11) is 3.84.